The maximum absolute atomic E-state index is 12.3. The summed E-state index contributed by atoms with van der Waals surface area (Å²) in [6.07, 6.45) is 4.09. The number of piperidine rings is 1. The Morgan fingerprint density at radius 3 is 2.88 bits per heavy atom. The van der Waals surface area contributed by atoms with Crippen LogP contribution in [0.15, 0.2) is 27.9 Å². The molecule has 6 heteroatoms. The fourth-order valence-corrected chi connectivity index (χ4v) is 3.96. The van der Waals surface area contributed by atoms with Crippen LogP contribution in [0.25, 0.3) is 0 Å². The van der Waals surface area contributed by atoms with Crippen molar-refractivity contribution in [2.75, 3.05) is 6.54 Å². The van der Waals surface area contributed by atoms with Gasteiger partial charge in [0.1, 0.15) is 0 Å². The minimum atomic E-state index is -3.53. The average molecular weight is 258 g/mol. The number of nitrogens with two attached hydrogens (primary N) is 1. The summed E-state index contributed by atoms with van der Waals surface area (Å²) in [4.78, 5) is 0. The summed E-state index contributed by atoms with van der Waals surface area (Å²) >= 11 is 0. The van der Waals surface area contributed by atoms with Crippen molar-refractivity contribution in [1.82, 2.24) is 4.31 Å². The first kappa shape index (κ1) is 12.6. The molecule has 1 aliphatic heterocycles. The third-order valence-electron chi connectivity index (χ3n) is 3.16. The van der Waals surface area contributed by atoms with Crippen molar-refractivity contribution in [2.45, 2.75) is 43.4 Å². The molecular formula is C11H18N2O3S. The molecule has 0 aliphatic carbocycles. The van der Waals surface area contributed by atoms with E-state index in [0.29, 0.717) is 6.54 Å². The Labute approximate surface area is 102 Å². The molecule has 2 heterocycles. The minimum absolute atomic E-state index is 0.00468. The second-order valence-electron chi connectivity index (χ2n) is 4.47. The van der Waals surface area contributed by atoms with Crippen LogP contribution < -0.4 is 5.73 Å². The highest BCUT2D eigenvalue weighted by atomic mass is 32.2. The molecule has 5 nitrogen and oxygen atoms in total. The minimum Gasteiger partial charge on any atom is -0.452 e. The number of furan rings is 1. The van der Waals surface area contributed by atoms with Gasteiger partial charge in [0, 0.05) is 18.6 Å². The first-order chi connectivity index (χ1) is 8.03. The molecule has 0 spiro atoms. The summed E-state index contributed by atoms with van der Waals surface area (Å²) in [5.41, 5.74) is 5.87. The Bertz CT molecular complexity index is 453. The van der Waals surface area contributed by atoms with Gasteiger partial charge in [0.15, 0.2) is 0 Å². The second-order valence-corrected chi connectivity index (χ2v) is 6.29. The van der Waals surface area contributed by atoms with Gasteiger partial charge in [0.2, 0.25) is 5.09 Å². The number of hydrogen-bond acceptors (Lipinski definition) is 4. The Balaban J connectivity index is 2.31. The van der Waals surface area contributed by atoms with E-state index in [1.807, 2.05) is 6.92 Å². The fraction of sp³-hybridized carbons (Fsp3) is 0.636. The summed E-state index contributed by atoms with van der Waals surface area (Å²) in [5.74, 6) is 0. The predicted molar refractivity (Wildman–Crippen MR) is 63.9 cm³/mol. The molecule has 2 atom stereocenters. The van der Waals surface area contributed by atoms with Crippen molar-refractivity contribution in [3.63, 3.8) is 0 Å². The Morgan fingerprint density at radius 1 is 1.53 bits per heavy atom. The quantitative estimate of drug-likeness (QED) is 0.883. The normalized spacial score (nSPS) is 24.7. The number of rotatable bonds is 3. The van der Waals surface area contributed by atoms with Crippen molar-refractivity contribution in [3.05, 3.63) is 18.4 Å². The molecule has 2 N–H and O–H groups in total. The highest BCUT2D eigenvalue weighted by Gasteiger charge is 2.36. The smallest absolute Gasteiger partial charge is 0.276 e. The average Bonchev–Trinajstić information content (AvgIpc) is 2.83. The molecule has 0 bridgehead atoms. The molecule has 0 aromatic carbocycles. The van der Waals surface area contributed by atoms with Gasteiger partial charge in [-0.05, 0) is 31.9 Å². The molecule has 1 aromatic rings. The molecule has 1 fully saturated rings. The summed E-state index contributed by atoms with van der Waals surface area (Å²) < 4.78 is 31.2. The van der Waals surface area contributed by atoms with Crippen LogP contribution >= 0.6 is 0 Å². The first-order valence-electron chi connectivity index (χ1n) is 5.84. The lowest BCUT2D eigenvalue weighted by molar-refractivity contribution is 0.222. The van der Waals surface area contributed by atoms with Gasteiger partial charge in [-0.25, -0.2) is 8.42 Å². The lowest BCUT2D eigenvalue weighted by Crippen LogP contribution is -2.51. The molecule has 1 saturated heterocycles. The topological polar surface area (TPSA) is 76.5 Å². The van der Waals surface area contributed by atoms with E-state index in [1.165, 1.54) is 16.6 Å². The van der Waals surface area contributed by atoms with Crippen LogP contribution in [-0.2, 0) is 10.0 Å². The summed E-state index contributed by atoms with van der Waals surface area (Å²) in [7, 11) is -3.53. The third-order valence-corrected chi connectivity index (χ3v) is 4.97. The maximum Gasteiger partial charge on any atom is 0.276 e. The number of sulfonamides is 1. The van der Waals surface area contributed by atoms with Gasteiger partial charge in [-0.15, -0.1) is 0 Å². The largest absolute Gasteiger partial charge is 0.452 e. The van der Waals surface area contributed by atoms with Crippen LogP contribution in [0.1, 0.15) is 26.2 Å². The zero-order valence-electron chi connectivity index (χ0n) is 9.87. The summed E-state index contributed by atoms with van der Waals surface area (Å²) in [6.45, 7) is 2.37. The number of hydrogen-bond donors (Lipinski definition) is 1. The predicted octanol–water partition coefficient (Wildman–Crippen LogP) is 1.17. The molecule has 0 saturated carbocycles. The van der Waals surface area contributed by atoms with E-state index in [2.05, 4.69) is 0 Å². The lowest BCUT2D eigenvalue weighted by atomic mass is 10.00. The van der Waals surface area contributed by atoms with Gasteiger partial charge in [-0.1, -0.05) is 6.42 Å². The Morgan fingerprint density at radius 2 is 2.29 bits per heavy atom. The van der Waals surface area contributed by atoms with Crippen molar-refractivity contribution >= 4 is 10.0 Å². The highest BCUT2D eigenvalue weighted by Crippen LogP contribution is 2.26. The standard InChI is InChI=1S/C11H18N2O3S/c1-9(12)10-5-2-3-7-13(10)17(14,15)11-6-4-8-16-11/h4,6,8-10H,2-3,5,7,12H2,1H3. The van der Waals surface area contributed by atoms with E-state index in [4.69, 9.17) is 10.2 Å². The molecule has 17 heavy (non-hydrogen) atoms. The monoisotopic (exact) mass is 258 g/mol. The van der Waals surface area contributed by atoms with Gasteiger partial charge in [0.05, 0.1) is 6.26 Å². The van der Waals surface area contributed by atoms with Crippen molar-refractivity contribution in [1.29, 1.82) is 0 Å². The van der Waals surface area contributed by atoms with Crippen molar-refractivity contribution in [3.8, 4) is 0 Å². The molecule has 1 aliphatic rings. The van der Waals surface area contributed by atoms with Crippen LogP contribution in [0.4, 0.5) is 0 Å². The highest BCUT2D eigenvalue weighted by molar-refractivity contribution is 7.89. The van der Waals surface area contributed by atoms with Crippen LogP contribution in [0.2, 0.25) is 0 Å². The van der Waals surface area contributed by atoms with E-state index in [0.717, 1.165) is 19.3 Å². The van der Waals surface area contributed by atoms with Crippen molar-refractivity contribution < 1.29 is 12.8 Å². The molecular weight excluding hydrogens is 240 g/mol. The molecule has 96 valence electrons. The van der Waals surface area contributed by atoms with E-state index in [9.17, 15) is 8.42 Å². The van der Waals surface area contributed by atoms with Gasteiger partial charge < -0.3 is 10.2 Å². The van der Waals surface area contributed by atoms with E-state index in [1.54, 1.807) is 6.07 Å². The lowest BCUT2D eigenvalue weighted by Gasteiger charge is -2.36. The van der Waals surface area contributed by atoms with Crippen molar-refractivity contribution in [2.24, 2.45) is 5.73 Å². The molecule has 0 radical (unpaired) electrons. The van der Waals surface area contributed by atoms with Crippen LogP contribution in [0.3, 0.4) is 0 Å². The molecule has 1 aromatic heterocycles. The van der Waals surface area contributed by atoms with E-state index >= 15 is 0 Å². The third kappa shape index (κ3) is 2.38. The summed E-state index contributed by atoms with van der Waals surface area (Å²) in [5, 5.41) is 0.00468. The fourth-order valence-electron chi connectivity index (χ4n) is 2.28. The molecule has 0 amide bonds. The summed E-state index contributed by atoms with van der Waals surface area (Å²) in [6, 6.07) is 2.76. The van der Waals surface area contributed by atoms with Crippen LogP contribution in [0, 0.1) is 0 Å². The maximum atomic E-state index is 12.3. The van der Waals surface area contributed by atoms with E-state index < -0.39 is 10.0 Å². The zero-order valence-corrected chi connectivity index (χ0v) is 10.7. The van der Waals surface area contributed by atoms with Gasteiger partial charge >= 0.3 is 0 Å². The Kier molecular flexibility index (Phi) is 3.56. The Hall–Kier alpha value is -0.850. The molecule has 2 rings (SSSR count). The first-order valence-corrected chi connectivity index (χ1v) is 7.28. The van der Waals surface area contributed by atoms with E-state index in [-0.39, 0.29) is 17.2 Å². The van der Waals surface area contributed by atoms with Crippen LogP contribution in [0.5, 0.6) is 0 Å². The number of nitrogens with zero attached hydrogens (tertiary/aromatic N) is 1. The second kappa shape index (κ2) is 4.80. The van der Waals surface area contributed by atoms with Crippen LogP contribution in [-0.4, -0.2) is 31.4 Å². The zero-order chi connectivity index (χ0) is 12.5. The molecule has 2 unspecified atom stereocenters. The van der Waals surface area contributed by atoms with Gasteiger partial charge in [-0.3, -0.25) is 0 Å². The van der Waals surface area contributed by atoms with Gasteiger partial charge in [0.25, 0.3) is 10.0 Å². The van der Waals surface area contributed by atoms with Gasteiger partial charge in [-0.2, -0.15) is 4.31 Å². The SMILES string of the molecule is CC(N)C1CCCCN1S(=O)(=O)c1ccco1.